The molecule has 0 aliphatic carbocycles. The van der Waals surface area contributed by atoms with Crippen LogP contribution in [0.3, 0.4) is 0 Å². The van der Waals surface area contributed by atoms with Crippen molar-refractivity contribution < 1.29 is 9.59 Å². The molecule has 0 spiro atoms. The molecule has 154 valence electrons. The highest BCUT2D eigenvalue weighted by molar-refractivity contribution is 6.35. The molecule has 0 bridgehead atoms. The zero-order valence-electron chi connectivity index (χ0n) is 17.5. The van der Waals surface area contributed by atoms with Crippen LogP contribution in [-0.4, -0.2) is 29.1 Å². The molecule has 0 aliphatic heterocycles. The Balaban J connectivity index is 1.55. The lowest BCUT2D eigenvalue weighted by Gasteiger charge is -2.09. The number of nitrogens with zero attached hydrogens (tertiary/aromatic N) is 2. The van der Waals surface area contributed by atoms with Crippen LogP contribution in [0.2, 0.25) is 0 Å². The van der Waals surface area contributed by atoms with E-state index in [-0.39, 0.29) is 0 Å². The van der Waals surface area contributed by atoms with Gasteiger partial charge in [-0.15, -0.1) is 0 Å². The molecular formula is C24H26N4O2. The van der Waals surface area contributed by atoms with E-state index in [0.717, 1.165) is 28.2 Å². The monoisotopic (exact) mass is 402 g/mol. The van der Waals surface area contributed by atoms with Crippen molar-refractivity contribution in [3.05, 3.63) is 88.7 Å². The molecule has 0 unspecified atom stereocenters. The summed E-state index contributed by atoms with van der Waals surface area (Å²) in [5.74, 6) is -1.49. The summed E-state index contributed by atoms with van der Waals surface area (Å²) in [6.07, 6.45) is 2.22. The van der Waals surface area contributed by atoms with Gasteiger partial charge in [-0.05, 0) is 51.0 Å². The van der Waals surface area contributed by atoms with Crippen LogP contribution in [0.1, 0.15) is 28.1 Å². The molecule has 1 aromatic heterocycles. The maximum absolute atomic E-state index is 11.9. The lowest BCUT2D eigenvalue weighted by molar-refractivity contribution is -0.139. The molecule has 2 aromatic carbocycles. The van der Waals surface area contributed by atoms with Gasteiger partial charge in [-0.2, -0.15) is 5.10 Å². The molecule has 0 saturated heterocycles. The smallest absolute Gasteiger partial charge is 0.329 e. The molecule has 0 radical (unpaired) electrons. The molecule has 6 nitrogen and oxygen atoms in total. The number of benzene rings is 2. The van der Waals surface area contributed by atoms with Crippen LogP contribution in [0, 0.1) is 20.8 Å². The molecular weight excluding hydrogens is 376 g/mol. The Morgan fingerprint density at radius 1 is 0.967 bits per heavy atom. The van der Waals surface area contributed by atoms with Gasteiger partial charge in [0.1, 0.15) is 0 Å². The minimum Gasteiger partial charge on any atom is -0.347 e. The Bertz CT molecular complexity index is 1050. The third kappa shape index (κ3) is 5.23. The largest absolute Gasteiger partial charge is 0.347 e. The second-order valence-corrected chi connectivity index (χ2v) is 7.19. The molecule has 1 heterocycles. The van der Waals surface area contributed by atoms with Gasteiger partial charge in [0.15, 0.2) is 0 Å². The molecule has 3 aromatic rings. The van der Waals surface area contributed by atoms with Crippen molar-refractivity contribution in [1.29, 1.82) is 0 Å². The molecule has 2 N–H and O–H groups in total. The SMILES string of the molecule is Cc1ccc(-n2c(C)cc(/C=N\NC(=O)C(=O)NCCc3ccccc3)c2C)cc1. The van der Waals surface area contributed by atoms with Gasteiger partial charge in [-0.25, -0.2) is 5.43 Å². The summed E-state index contributed by atoms with van der Waals surface area (Å²) < 4.78 is 2.12. The highest BCUT2D eigenvalue weighted by Crippen LogP contribution is 2.20. The van der Waals surface area contributed by atoms with E-state index >= 15 is 0 Å². The summed E-state index contributed by atoms with van der Waals surface area (Å²) in [6, 6.07) is 20.0. The minimum absolute atomic E-state index is 0.387. The fourth-order valence-corrected chi connectivity index (χ4v) is 3.27. The zero-order chi connectivity index (χ0) is 21.5. The van der Waals surface area contributed by atoms with E-state index in [1.807, 2.05) is 50.2 Å². The van der Waals surface area contributed by atoms with Crippen molar-refractivity contribution >= 4 is 18.0 Å². The number of aromatic nitrogens is 1. The first-order valence-corrected chi connectivity index (χ1v) is 9.87. The lowest BCUT2D eigenvalue weighted by Crippen LogP contribution is -2.38. The summed E-state index contributed by atoms with van der Waals surface area (Å²) in [5.41, 5.74) is 8.59. The number of carbonyl (C=O) groups excluding carboxylic acids is 2. The minimum atomic E-state index is -0.786. The Morgan fingerprint density at radius 2 is 1.67 bits per heavy atom. The van der Waals surface area contributed by atoms with Crippen molar-refractivity contribution in [2.24, 2.45) is 5.10 Å². The van der Waals surface area contributed by atoms with Gasteiger partial charge >= 0.3 is 11.8 Å². The molecule has 0 atom stereocenters. The summed E-state index contributed by atoms with van der Waals surface area (Å²) in [4.78, 5) is 23.9. The van der Waals surface area contributed by atoms with Crippen molar-refractivity contribution in [1.82, 2.24) is 15.3 Å². The van der Waals surface area contributed by atoms with E-state index < -0.39 is 11.8 Å². The summed E-state index contributed by atoms with van der Waals surface area (Å²) in [6.45, 7) is 6.45. The number of nitrogens with one attached hydrogen (secondary N) is 2. The number of hydrogen-bond donors (Lipinski definition) is 2. The van der Waals surface area contributed by atoms with E-state index in [1.165, 1.54) is 5.56 Å². The molecule has 0 saturated carbocycles. The van der Waals surface area contributed by atoms with Gasteiger partial charge in [-0.1, -0.05) is 48.0 Å². The van der Waals surface area contributed by atoms with Crippen molar-refractivity contribution in [2.75, 3.05) is 6.54 Å². The van der Waals surface area contributed by atoms with Crippen LogP contribution in [0.15, 0.2) is 65.8 Å². The summed E-state index contributed by atoms with van der Waals surface area (Å²) in [7, 11) is 0. The molecule has 0 aliphatic rings. The van der Waals surface area contributed by atoms with Gasteiger partial charge in [0.2, 0.25) is 0 Å². The highest BCUT2D eigenvalue weighted by Gasteiger charge is 2.12. The number of amides is 2. The van der Waals surface area contributed by atoms with Crippen LogP contribution >= 0.6 is 0 Å². The quantitative estimate of drug-likeness (QED) is 0.377. The Hall–Kier alpha value is -3.67. The average molecular weight is 402 g/mol. The number of carbonyl (C=O) groups is 2. The first-order chi connectivity index (χ1) is 14.5. The second kappa shape index (κ2) is 9.69. The number of rotatable bonds is 6. The molecule has 30 heavy (non-hydrogen) atoms. The maximum Gasteiger partial charge on any atom is 0.329 e. The van der Waals surface area contributed by atoms with E-state index in [1.54, 1.807) is 6.21 Å². The summed E-state index contributed by atoms with van der Waals surface area (Å²) in [5, 5.41) is 6.55. The highest BCUT2D eigenvalue weighted by atomic mass is 16.2. The van der Waals surface area contributed by atoms with Gasteiger partial charge in [-0.3, -0.25) is 9.59 Å². The first-order valence-electron chi connectivity index (χ1n) is 9.87. The van der Waals surface area contributed by atoms with E-state index in [4.69, 9.17) is 0 Å². The van der Waals surface area contributed by atoms with E-state index in [9.17, 15) is 9.59 Å². The van der Waals surface area contributed by atoms with E-state index in [2.05, 4.69) is 51.6 Å². The standard InChI is InChI=1S/C24H26N4O2/c1-17-9-11-22(12-10-17)28-18(2)15-21(19(28)3)16-26-27-24(30)23(29)25-14-13-20-7-5-4-6-8-20/h4-12,15-16H,13-14H2,1-3H3,(H,25,29)(H,27,30)/b26-16-. The normalized spacial score (nSPS) is 10.9. The Kier molecular flexibility index (Phi) is 6.80. The van der Waals surface area contributed by atoms with Crippen LogP contribution in [-0.2, 0) is 16.0 Å². The van der Waals surface area contributed by atoms with Crippen LogP contribution in [0.4, 0.5) is 0 Å². The van der Waals surface area contributed by atoms with Crippen molar-refractivity contribution in [2.45, 2.75) is 27.2 Å². The number of hydrazone groups is 1. The first kappa shape index (κ1) is 21.0. The molecule has 3 rings (SSSR count). The van der Waals surface area contributed by atoms with Crippen LogP contribution < -0.4 is 10.7 Å². The van der Waals surface area contributed by atoms with Gasteiger partial charge in [0, 0.05) is 29.2 Å². The van der Waals surface area contributed by atoms with Crippen LogP contribution in [0.25, 0.3) is 5.69 Å². The molecule has 0 fully saturated rings. The average Bonchev–Trinajstić information content (AvgIpc) is 3.02. The number of hydrogen-bond acceptors (Lipinski definition) is 3. The van der Waals surface area contributed by atoms with Gasteiger partial charge in [0.25, 0.3) is 0 Å². The van der Waals surface area contributed by atoms with E-state index in [0.29, 0.717) is 13.0 Å². The molecule has 6 heteroatoms. The fraction of sp³-hybridized carbons (Fsp3) is 0.208. The van der Waals surface area contributed by atoms with Gasteiger partial charge in [0.05, 0.1) is 6.21 Å². The Morgan fingerprint density at radius 3 is 2.37 bits per heavy atom. The maximum atomic E-state index is 11.9. The number of aryl methyl sites for hydroxylation is 2. The van der Waals surface area contributed by atoms with Gasteiger partial charge < -0.3 is 9.88 Å². The predicted octanol–water partition coefficient (Wildman–Crippen LogP) is 3.21. The third-order valence-electron chi connectivity index (χ3n) is 4.88. The molecule has 2 amide bonds. The van der Waals surface area contributed by atoms with Crippen molar-refractivity contribution in [3.63, 3.8) is 0 Å². The Labute approximate surface area is 176 Å². The second-order valence-electron chi connectivity index (χ2n) is 7.19. The van der Waals surface area contributed by atoms with Crippen molar-refractivity contribution in [3.8, 4) is 5.69 Å². The van der Waals surface area contributed by atoms with Crippen LogP contribution in [0.5, 0.6) is 0 Å². The lowest BCUT2D eigenvalue weighted by atomic mass is 10.1. The zero-order valence-corrected chi connectivity index (χ0v) is 17.5. The summed E-state index contributed by atoms with van der Waals surface area (Å²) >= 11 is 0. The third-order valence-corrected chi connectivity index (χ3v) is 4.88. The predicted molar refractivity (Wildman–Crippen MR) is 119 cm³/mol. The fourth-order valence-electron chi connectivity index (χ4n) is 3.27. The topological polar surface area (TPSA) is 75.5 Å².